The van der Waals surface area contributed by atoms with Crippen LogP contribution in [0, 0.1) is 0 Å². The summed E-state index contributed by atoms with van der Waals surface area (Å²) in [6.07, 6.45) is 1.65. The van der Waals surface area contributed by atoms with Crippen LogP contribution in [0.5, 0.6) is 0 Å². The summed E-state index contributed by atoms with van der Waals surface area (Å²) in [5.41, 5.74) is 5.66. The van der Waals surface area contributed by atoms with Gasteiger partial charge in [0.15, 0.2) is 15.8 Å². The highest BCUT2D eigenvalue weighted by atomic mass is 32.2. The van der Waals surface area contributed by atoms with Crippen LogP contribution >= 0.6 is 11.3 Å². The van der Waals surface area contributed by atoms with E-state index in [0.29, 0.717) is 4.96 Å². The lowest BCUT2D eigenvalue weighted by molar-refractivity contribution is -0.121. The van der Waals surface area contributed by atoms with Crippen LogP contribution in [0.3, 0.4) is 0 Å². The molecular weight excluding hydrogens is 314 g/mol. The van der Waals surface area contributed by atoms with Crippen LogP contribution < -0.4 is 15.8 Å². The molecule has 2 aromatic heterocycles. The third kappa shape index (κ3) is 3.52. The van der Waals surface area contributed by atoms with Gasteiger partial charge in [0.25, 0.3) is 10.0 Å². The number of fused-ring (bicyclic) bond motifs is 1. The number of hydrogen-bond acceptors (Lipinski definition) is 6. The van der Waals surface area contributed by atoms with Crippen LogP contribution in [-0.2, 0) is 14.8 Å². The number of sulfonamides is 1. The van der Waals surface area contributed by atoms with E-state index in [2.05, 4.69) is 15.0 Å². The molecule has 1 amide bonds. The molecule has 10 heteroatoms. The second kappa shape index (κ2) is 6.00. The van der Waals surface area contributed by atoms with Gasteiger partial charge in [-0.2, -0.15) is 0 Å². The minimum absolute atomic E-state index is 0.00228. The number of rotatable bonds is 6. The van der Waals surface area contributed by atoms with Gasteiger partial charge in [-0.1, -0.05) is 0 Å². The molecule has 0 saturated heterocycles. The topological polar surface area (TPSA) is 119 Å². The van der Waals surface area contributed by atoms with Crippen LogP contribution in [0.2, 0.25) is 0 Å². The van der Waals surface area contributed by atoms with Gasteiger partial charge in [0.2, 0.25) is 5.91 Å². The van der Waals surface area contributed by atoms with Crippen molar-refractivity contribution in [3.05, 3.63) is 11.6 Å². The van der Waals surface area contributed by atoms with Gasteiger partial charge in [-0.3, -0.25) is 9.20 Å². The molecule has 0 aliphatic carbocycles. The molecule has 2 rings (SSSR count). The second-order valence-electron chi connectivity index (χ2n) is 4.73. The van der Waals surface area contributed by atoms with Crippen molar-refractivity contribution >= 4 is 38.0 Å². The summed E-state index contributed by atoms with van der Waals surface area (Å²) < 4.78 is 28.3. The van der Waals surface area contributed by atoms with Crippen molar-refractivity contribution in [3.63, 3.8) is 0 Å². The number of carbonyl (C=O) groups excluding carboxylic acids is 1. The Bertz CT molecular complexity index is 747. The molecule has 4 N–H and O–H groups in total. The zero-order valence-corrected chi connectivity index (χ0v) is 13.3. The molecular formula is C11H17N5O3S2. The van der Waals surface area contributed by atoms with E-state index in [0.717, 1.165) is 0 Å². The first-order valence-corrected chi connectivity index (χ1v) is 8.67. The summed E-state index contributed by atoms with van der Waals surface area (Å²) in [6, 6.07) is 0.0185. The smallest absolute Gasteiger partial charge is 0.260 e. The van der Waals surface area contributed by atoms with Crippen molar-refractivity contribution in [3.8, 4) is 0 Å². The SMILES string of the molecule is CC(C)NC(=O)CCNS(=O)(=O)c1c(N)nc2sccn12. The third-order valence-corrected chi connectivity index (χ3v) is 4.85. The van der Waals surface area contributed by atoms with Gasteiger partial charge in [-0.25, -0.2) is 18.1 Å². The maximum Gasteiger partial charge on any atom is 0.260 e. The van der Waals surface area contributed by atoms with Crippen molar-refractivity contribution in [1.29, 1.82) is 0 Å². The normalized spacial score (nSPS) is 12.1. The van der Waals surface area contributed by atoms with Crippen molar-refractivity contribution in [2.45, 2.75) is 31.3 Å². The molecule has 21 heavy (non-hydrogen) atoms. The molecule has 0 aromatic carbocycles. The Hall–Kier alpha value is -1.65. The number of nitrogens with two attached hydrogens (primary N) is 1. The Morgan fingerprint density at radius 3 is 2.90 bits per heavy atom. The summed E-state index contributed by atoms with van der Waals surface area (Å²) in [7, 11) is -3.82. The zero-order valence-electron chi connectivity index (χ0n) is 11.7. The molecule has 0 aliphatic rings. The minimum Gasteiger partial charge on any atom is -0.381 e. The Balaban J connectivity index is 2.07. The molecule has 0 spiro atoms. The summed E-state index contributed by atoms with van der Waals surface area (Å²) in [4.78, 5) is 16.0. The Morgan fingerprint density at radius 2 is 2.24 bits per heavy atom. The minimum atomic E-state index is -3.82. The zero-order chi connectivity index (χ0) is 15.6. The van der Waals surface area contributed by atoms with Crippen LogP contribution in [-0.4, -0.2) is 36.3 Å². The molecule has 0 aliphatic heterocycles. The van der Waals surface area contributed by atoms with Crippen LogP contribution in [0.1, 0.15) is 20.3 Å². The number of imidazole rings is 1. The van der Waals surface area contributed by atoms with E-state index in [-0.39, 0.29) is 35.8 Å². The quantitative estimate of drug-likeness (QED) is 0.697. The lowest BCUT2D eigenvalue weighted by Gasteiger charge is -2.09. The number of aromatic nitrogens is 2. The molecule has 0 saturated carbocycles. The number of amides is 1. The number of nitrogens with zero attached hydrogens (tertiary/aromatic N) is 2. The average molecular weight is 331 g/mol. The first-order chi connectivity index (χ1) is 9.81. The molecule has 0 atom stereocenters. The predicted octanol–water partition coefficient (Wildman–Crippen LogP) is 0.171. The number of carbonyl (C=O) groups is 1. The van der Waals surface area contributed by atoms with E-state index in [1.54, 1.807) is 11.6 Å². The average Bonchev–Trinajstić information content (AvgIpc) is 2.86. The van der Waals surface area contributed by atoms with Crippen LogP contribution in [0.4, 0.5) is 5.82 Å². The lowest BCUT2D eigenvalue weighted by Crippen LogP contribution is -2.34. The van der Waals surface area contributed by atoms with Crippen LogP contribution in [0.25, 0.3) is 4.96 Å². The molecule has 0 radical (unpaired) electrons. The fourth-order valence-corrected chi connectivity index (χ4v) is 3.82. The van der Waals surface area contributed by atoms with Crippen molar-refractivity contribution in [2.75, 3.05) is 12.3 Å². The van der Waals surface area contributed by atoms with Crippen molar-refractivity contribution in [1.82, 2.24) is 19.4 Å². The first kappa shape index (κ1) is 15.7. The standard InChI is InChI=1S/C11H17N5O3S2/c1-7(2)14-8(17)3-4-13-21(18,19)10-9(12)15-11-16(10)5-6-20-11/h5-7,13H,3-4,12H2,1-2H3,(H,14,17). The molecule has 2 heterocycles. The number of thiazole rings is 1. The number of nitrogen functional groups attached to an aromatic ring is 1. The van der Waals surface area contributed by atoms with Crippen molar-refractivity contribution < 1.29 is 13.2 Å². The largest absolute Gasteiger partial charge is 0.381 e. The van der Waals surface area contributed by atoms with Gasteiger partial charge < -0.3 is 11.1 Å². The number of anilines is 1. The molecule has 116 valence electrons. The first-order valence-electron chi connectivity index (χ1n) is 6.31. The Morgan fingerprint density at radius 1 is 1.52 bits per heavy atom. The molecule has 2 aromatic rings. The Labute approximate surface area is 126 Å². The van der Waals surface area contributed by atoms with E-state index < -0.39 is 10.0 Å². The van der Waals surface area contributed by atoms with E-state index in [1.807, 2.05) is 13.8 Å². The highest BCUT2D eigenvalue weighted by Crippen LogP contribution is 2.22. The number of nitrogens with one attached hydrogen (secondary N) is 2. The summed E-state index contributed by atoms with van der Waals surface area (Å²) >= 11 is 1.29. The monoisotopic (exact) mass is 331 g/mol. The maximum atomic E-state index is 12.3. The summed E-state index contributed by atoms with van der Waals surface area (Å²) in [6.45, 7) is 3.67. The predicted molar refractivity (Wildman–Crippen MR) is 80.6 cm³/mol. The fraction of sp³-hybridized carbons (Fsp3) is 0.455. The van der Waals surface area contributed by atoms with E-state index in [1.165, 1.54) is 15.7 Å². The lowest BCUT2D eigenvalue weighted by atomic mass is 10.3. The highest BCUT2D eigenvalue weighted by molar-refractivity contribution is 7.89. The van der Waals surface area contributed by atoms with Gasteiger partial charge in [-0.05, 0) is 13.8 Å². The maximum absolute atomic E-state index is 12.3. The van der Waals surface area contributed by atoms with Gasteiger partial charge in [0.05, 0.1) is 0 Å². The van der Waals surface area contributed by atoms with Crippen molar-refractivity contribution in [2.24, 2.45) is 0 Å². The van der Waals surface area contributed by atoms with Crippen LogP contribution in [0.15, 0.2) is 16.6 Å². The van der Waals surface area contributed by atoms with E-state index >= 15 is 0 Å². The summed E-state index contributed by atoms with van der Waals surface area (Å²) in [5, 5.41) is 4.31. The molecule has 8 nitrogen and oxygen atoms in total. The van der Waals surface area contributed by atoms with Gasteiger partial charge >= 0.3 is 0 Å². The van der Waals surface area contributed by atoms with Gasteiger partial charge in [-0.15, -0.1) is 11.3 Å². The van der Waals surface area contributed by atoms with E-state index in [4.69, 9.17) is 5.73 Å². The molecule has 0 fully saturated rings. The third-order valence-electron chi connectivity index (χ3n) is 2.59. The molecule has 0 bridgehead atoms. The van der Waals surface area contributed by atoms with Gasteiger partial charge in [0, 0.05) is 30.6 Å². The summed E-state index contributed by atoms with van der Waals surface area (Å²) in [5.74, 6) is -0.268. The fourth-order valence-electron chi connectivity index (χ4n) is 1.81. The van der Waals surface area contributed by atoms with Gasteiger partial charge in [0.1, 0.15) is 0 Å². The van der Waals surface area contributed by atoms with E-state index in [9.17, 15) is 13.2 Å². The highest BCUT2D eigenvalue weighted by Gasteiger charge is 2.24. The number of hydrogen-bond donors (Lipinski definition) is 3. The Kier molecular flexibility index (Phi) is 4.49. The molecule has 0 unspecified atom stereocenters. The second-order valence-corrected chi connectivity index (χ2v) is 7.28.